The number of para-hydroxylation sites is 4. The SMILES string of the molecule is Cc1ccccc1N(c1ccccc1)c1ccc2c(C(C)C)cc3c(N(c4ccccc4)c4ccccc4C)ccc4c(C(C)C)cc1c2c43. The molecule has 0 aliphatic heterocycles. The van der Waals surface area contributed by atoms with Crippen molar-refractivity contribution in [2.24, 2.45) is 0 Å². The quantitative estimate of drug-likeness (QED) is 0.151. The third-order valence-corrected chi connectivity index (χ3v) is 10.4. The summed E-state index contributed by atoms with van der Waals surface area (Å²) in [5, 5.41) is 7.94. The summed E-state index contributed by atoms with van der Waals surface area (Å²) in [7, 11) is 0. The van der Waals surface area contributed by atoms with Crippen LogP contribution in [0.15, 0.2) is 146 Å². The zero-order chi connectivity index (χ0) is 34.5. The second-order valence-electron chi connectivity index (χ2n) is 14.3. The Hall–Kier alpha value is -5.60. The van der Waals surface area contributed by atoms with Crippen LogP contribution in [0.4, 0.5) is 34.1 Å². The molecular weight excluding hydrogens is 605 g/mol. The maximum atomic E-state index is 2.50. The fraction of sp³-hybridized carbons (Fsp3) is 0.167. The van der Waals surface area contributed by atoms with Gasteiger partial charge in [-0.05, 0) is 130 Å². The van der Waals surface area contributed by atoms with E-state index in [2.05, 4.69) is 197 Å². The Balaban J connectivity index is 1.54. The first-order valence-electron chi connectivity index (χ1n) is 17.9. The highest BCUT2D eigenvalue weighted by atomic mass is 15.2. The minimum atomic E-state index is 0.343. The molecule has 8 rings (SSSR count). The lowest BCUT2D eigenvalue weighted by molar-refractivity contribution is 0.876. The summed E-state index contributed by atoms with van der Waals surface area (Å²) < 4.78 is 0. The summed E-state index contributed by atoms with van der Waals surface area (Å²) >= 11 is 0. The second kappa shape index (κ2) is 12.7. The number of hydrogen-bond acceptors (Lipinski definition) is 2. The van der Waals surface area contributed by atoms with Crippen LogP contribution in [0.1, 0.15) is 61.8 Å². The number of aryl methyl sites for hydroxylation is 2. The summed E-state index contributed by atoms with van der Waals surface area (Å²) in [5.74, 6) is 0.686. The van der Waals surface area contributed by atoms with Gasteiger partial charge in [-0.15, -0.1) is 0 Å². The highest BCUT2D eigenvalue weighted by Crippen LogP contribution is 2.51. The summed E-state index contributed by atoms with van der Waals surface area (Å²) in [6, 6.07) is 53.7. The van der Waals surface area contributed by atoms with Crippen LogP contribution in [0.2, 0.25) is 0 Å². The second-order valence-corrected chi connectivity index (χ2v) is 14.3. The predicted molar refractivity (Wildman–Crippen MR) is 217 cm³/mol. The molecule has 8 aromatic carbocycles. The largest absolute Gasteiger partial charge is 0.310 e. The Labute approximate surface area is 296 Å². The molecule has 0 unspecified atom stereocenters. The average Bonchev–Trinajstić information content (AvgIpc) is 3.13. The van der Waals surface area contributed by atoms with Gasteiger partial charge in [0.25, 0.3) is 0 Å². The van der Waals surface area contributed by atoms with E-state index in [9.17, 15) is 0 Å². The van der Waals surface area contributed by atoms with Gasteiger partial charge in [0.15, 0.2) is 0 Å². The molecule has 0 spiro atoms. The molecule has 246 valence electrons. The molecule has 0 atom stereocenters. The van der Waals surface area contributed by atoms with Gasteiger partial charge in [-0.2, -0.15) is 0 Å². The molecule has 8 aromatic rings. The zero-order valence-electron chi connectivity index (χ0n) is 29.9. The molecule has 0 amide bonds. The van der Waals surface area contributed by atoms with E-state index < -0.39 is 0 Å². The van der Waals surface area contributed by atoms with Crippen molar-refractivity contribution in [3.8, 4) is 0 Å². The standard InChI is InChI=1S/C48H44N2/c1-31(2)39-29-41-45(49(35-19-9-7-10-20-35)43-23-15-13-17-33(43)5)28-26-38-40(32(3)4)30-42-46(27-25-37(39)47(42)48(38)41)50(36-21-11-8-12-22-36)44-24-16-14-18-34(44)6/h7-32H,1-6H3. The molecule has 2 nitrogen and oxygen atoms in total. The molecule has 0 heterocycles. The molecule has 0 saturated carbocycles. The number of hydrogen-bond donors (Lipinski definition) is 0. The smallest absolute Gasteiger partial charge is 0.0540 e. The lowest BCUT2D eigenvalue weighted by Gasteiger charge is -2.32. The normalized spacial score (nSPS) is 11.8. The first-order valence-corrected chi connectivity index (χ1v) is 17.9. The van der Waals surface area contributed by atoms with Gasteiger partial charge >= 0.3 is 0 Å². The number of anilines is 6. The van der Waals surface area contributed by atoms with Crippen LogP contribution in [0.5, 0.6) is 0 Å². The van der Waals surface area contributed by atoms with Gasteiger partial charge in [-0.1, -0.05) is 113 Å². The van der Waals surface area contributed by atoms with E-state index in [4.69, 9.17) is 0 Å². The summed E-state index contributed by atoms with van der Waals surface area (Å²) in [4.78, 5) is 4.93. The van der Waals surface area contributed by atoms with Gasteiger partial charge in [-0.25, -0.2) is 0 Å². The maximum absolute atomic E-state index is 2.50. The average molecular weight is 649 g/mol. The molecule has 0 aliphatic rings. The van der Waals surface area contributed by atoms with Crippen molar-refractivity contribution >= 4 is 66.4 Å². The van der Waals surface area contributed by atoms with E-state index >= 15 is 0 Å². The Kier molecular flexibility index (Phi) is 8.04. The minimum Gasteiger partial charge on any atom is -0.310 e. The van der Waals surface area contributed by atoms with Crippen LogP contribution >= 0.6 is 0 Å². The Morgan fingerprint density at radius 2 is 0.720 bits per heavy atom. The molecule has 0 N–H and O–H groups in total. The first-order chi connectivity index (χ1) is 24.3. The molecule has 0 fully saturated rings. The van der Waals surface area contributed by atoms with Crippen LogP contribution in [0.25, 0.3) is 32.3 Å². The number of rotatable bonds is 8. The summed E-state index contributed by atoms with van der Waals surface area (Å²) in [6.07, 6.45) is 0. The Morgan fingerprint density at radius 1 is 0.360 bits per heavy atom. The van der Waals surface area contributed by atoms with Crippen LogP contribution in [-0.4, -0.2) is 0 Å². The van der Waals surface area contributed by atoms with E-state index in [-0.39, 0.29) is 0 Å². The van der Waals surface area contributed by atoms with Crippen LogP contribution in [-0.2, 0) is 0 Å². The molecule has 0 radical (unpaired) electrons. The Bertz CT molecular complexity index is 2280. The van der Waals surface area contributed by atoms with E-state index in [0.29, 0.717) is 11.8 Å². The van der Waals surface area contributed by atoms with Gasteiger partial charge in [0, 0.05) is 33.5 Å². The molecule has 50 heavy (non-hydrogen) atoms. The van der Waals surface area contributed by atoms with Crippen LogP contribution in [0, 0.1) is 13.8 Å². The van der Waals surface area contributed by atoms with Crippen LogP contribution in [0.3, 0.4) is 0 Å². The van der Waals surface area contributed by atoms with Gasteiger partial charge in [0.05, 0.1) is 11.4 Å². The van der Waals surface area contributed by atoms with Crippen molar-refractivity contribution in [2.75, 3.05) is 9.80 Å². The third-order valence-electron chi connectivity index (χ3n) is 10.4. The highest BCUT2D eigenvalue weighted by Gasteiger charge is 2.26. The minimum absolute atomic E-state index is 0.343. The van der Waals surface area contributed by atoms with Crippen molar-refractivity contribution < 1.29 is 0 Å². The molecular formula is C48H44N2. The summed E-state index contributed by atoms with van der Waals surface area (Å²) in [6.45, 7) is 13.8. The van der Waals surface area contributed by atoms with Crippen LogP contribution < -0.4 is 9.80 Å². The fourth-order valence-corrected chi connectivity index (χ4v) is 7.94. The number of benzene rings is 8. The fourth-order valence-electron chi connectivity index (χ4n) is 7.94. The van der Waals surface area contributed by atoms with E-state index in [1.807, 2.05) is 0 Å². The molecule has 0 saturated heterocycles. The van der Waals surface area contributed by atoms with Gasteiger partial charge in [0.2, 0.25) is 0 Å². The van der Waals surface area contributed by atoms with Gasteiger partial charge < -0.3 is 9.80 Å². The number of nitrogens with zero attached hydrogens (tertiary/aromatic N) is 2. The maximum Gasteiger partial charge on any atom is 0.0540 e. The lowest BCUT2D eigenvalue weighted by atomic mass is 9.83. The van der Waals surface area contributed by atoms with Crippen molar-refractivity contribution in [2.45, 2.75) is 53.4 Å². The van der Waals surface area contributed by atoms with Crippen molar-refractivity contribution in [1.82, 2.24) is 0 Å². The third kappa shape index (κ3) is 5.18. The summed E-state index contributed by atoms with van der Waals surface area (Å²) in [5.41, 5.74) is 12.3. The van der Waals surface area contributed by atoms with E-state index in [0.717, 1.165) is 11.4 Å². The topological polar surface area (TPSA) is 6.48 Å². The van der Waals surface area contributed by atoms with Crippen molar-refractivity contribution in [1.29, 1.82) is 0 Å². The lowest BCUT2D eigenvalue weighted by Crippen LogP contribution is -2.13. The monoisotopic (exact) mass is 648 g/mol. The molecule has 0 bridgehead atoms. The van der Waals surface area contributed by atoms with E-state index in [1.165, 1.54) is 77.3 Å². The van der Waals surface area contributed by atoms with Crippen molar-refractivity contribution in [3.05, 3.63) is 168 Å². The van der Waals surface area contributed by atoms with Gasteiger partial charge in [-0.3, -0.25) is 0 Å². The first kappa shape index (κ1) is 31.7. The Morgan fingerprint density at radius 3 is 1.08 bits per heavy atom. The zero-order valence-corrected chi connectivity index (χ0v) is 29.9. The molecule has 0 aliphatic carbocycles. The predicted octanol–water partition coefficient (Wildman–Crippen LogP) is 14.4. The highest BCUT2D eigenvalue weighted by molar-refractivity contribution is 6.29. The van der Waals surface area contributed by atoms with Gasteiger partial charge in [0.1, 0.15) is 0 Å². The van der Waals surface area contributed by atoms with Crippen molar-refractivity contribution in [3.63, 3.8) is 0 Å². The van der Waals surface area contributed by atoms with E-state index in [1.54, 1.807) is 0 Å². The molecule has 2 heteroatoms. The molecule has 0 aromatic heterocycles.